The molecule has 0 aliphatic heterocycles. The predicted octanol–water partition coefficient (Wildman–Crippen LogP) is 1.56. The van der Waals surface area contributed by atoms with Gasteiger partial charge in [-0.3, -0.25) is 9.89 Å². The molecule has 0 atom stereocenters. The quantitative estimate of drug-likeness (QED) is 0.741. The minimum absolute atomic E-state index is 0.0112. The first-order valence-corrected chi connectivity index (χ1v) is 6.10. The van der Waals surface area contributed by atoms with Crippen LogP contribution in [-0.2, 0) is 4.74 Å². The Labute approximate surface area is 119 Å². The summed E-state index contributed by atoms with van der Waals surface area (Å²) in [4.78, 5) is 23.7. The van der Waals surface area contributed by atoms with E-state index in [0.717, 1.165) is 12.1 Å². The largest absolute Gasteiger partial charge is 0.462 e. The zero-order valence-electron chi connectivity index (χ0n) is 11.1. The first kappa shape index (κ1) is 14.5. The maximum Gasteiger partial charge on any atom is 0.345 e. The maximum absolute atomic E-state index is 12.8. The highest BCUT2D eigenvalue weighted by atomic mass is 19.1. The molecule has 8 heteroatoms. The van der Waals surface area contributed by atoms with E-state index in [1.165, 1.54) is 12.1 Å². The summed E-state index contributed by atoms with van der Waals surface area (Å²) in [5.41, 5.74) is 5.75. The number of aromatic nitrogens is 2. The number of nitrogens with two attached hydrogens (primary N) is 1. The van der Waals surface area contributed by atoms with Gasteiger partial charge in [0.05, 0.1) is 6.61 Å². The number of carbonyl (C=O) groups excluding carboxylic acids is 2. The smallest absolute Gasteiger partial charge is 0.345 e. The molecule has 1 aromatic carbocycles. The number of hydrogen-bond acceptors (Lipinski definition) is 5. The second-order valence-electron chi connectivity index (χ2n) is 4.04. The lowest BCUT2D eigenvalue weighted by Gasteiger charge is -2.05. The van der Waals surface area contributed by atoms with Crippen molar-refractivity contribution in [2.75, 3.05) is 17.7 Å². The molecule has 1 aromatic heterocycles. The SMILES string of the molecule is CCOC(=O)c1c(NC(=O)c2ccc(F)cc2)n[nH]c1N. The van der Waals surface area contributed by atoms with Gasteiger partial charge in [0, 0.05) is 5.56 Å². The Balaban J connectivity index is 2.22. The number of carbonyl (C=O) groups is 2. The van der Waals surface area contributed by atoms with E-state index in [1.54, 1.807) is 6.92 Å². The molecule has 110 valence electrons. The van der Waals surface area contributed by atoms with Crippen molar-refractivity contribution in [3.63, 3.8) is 0 Å². The highest BCUT2D eigenvalue weighted by Gasteiger charge is 2.22. The normalized spacial score (nSPS) is 10.2. The molecule has 21 heavy (non-hydrogen) atoms. The molecule has 1 heterocycles. The van der Waals surface area contributed by atoms with Gasteiger partial charge in [0.25, 0.3) is 5.91 Å². The van der Waals surface area contributed by atoms with Crippen molar-refractivity contribution >= 4 is 23.5 Å². The first-order valence-electron chi connectivity index (χ1n) is 6.10. The molecular weight excluding hydrogens is 279 g/mol. The van der Waals surface area contributed by atoms with Crippen LogP contribution in [0.4, 0.5) is 16.0 Å². The van der Waals surface area contributed by atoms with Gasteiger partial charge in [-0.1, -0.05) is 0 Å². The summed E-state index contributed by atoms with van der Waals surface area (Å²) in [6.07, 6.45) is 0. The van der Waals surface area contributed by atoms with Crippen LogP contribution in [0, 0.1) is 5.82 Å². The number of anilines is 2. The predicted molar refractivity (Wildman–Crippen MR) is 73.3 cm³/mol. The number of nitrogens with one attached hydrogen (secondary N) is 2. The lowest BCUT2D eigenvalue weighted by atomic mass is 10.2. The second kappa shape index (κ2) is 6.04. The number of amides is 1. The molecule has 0 radical (unpaired) electrons. The van der Waals surface area contributed by atoms with Crippen LogP contribution in [0.5, 0.6) is 0 Å². The van der Waals surface area contributed by atoms with Crippen LogP contribution in [0.25, 0.3) is 0 Å². The molecule has 0 spiro atoms. The first-order chi connectivity index (χ1) is 10.0. The number of benzene rings is 1. The van der Waals surface area contributed by atoms with Gasteiger partial charge in [-0.2, -0.15) is 5.10 Å². The molecular formula is C13H13FN4O3. The number of halogens is 1. The van der Waals surface area contributed by atoms with Crippen LogP contribution in [0.2, 0.25) is 0 Å². The molecule has 0 fully saturated rings. The molecule has 2 rings (SSSR count). The van der Waals surface area contributed by atoms with E-state index < -0.39 is 17.7 Å². The number of hydrogen-bond donors (Lipinski definition) is 3. The summed E-state index contributed by atoms with van der Waals surface area (Å²) in [6, 6.07) is 4.93. The molecule has 0 aliphatic carbocycles. The van der Waals surface area contributed by atoms with Gasteiger partial charge in [0.15, 0.2) is 5.82 Å². The third-order valence-corrected chi connectivity index (χ3v) is 2.61. The highest BCUT2D eigenvalue weighted by molar-refractivity contribution is 6.08. The van der Waals surface area contributed by atoms with Crippen LogP contribution in [-0.4, -0.2) is 28.7 Å². The Morgan fingerprint density at radius 1 is 1.38 bits per heavy atom. The van der Waals surface area contributed by atoms with Crippen molar-refractivity contribution in [2.24, 2.45) is 0 Å². The Hall–Kier alpha value is -2.90. The summed E-state index contributed by atoms with van der Waals surface area (Å²) >= 11 is 0. The monoisotopic (exact) mass is 292 g/mol. The van der Waals surface area contributed by atoms with Crippen molar-refractivity contribution in [1.29, 1.82) is 0 Å². The number of nitrogens with zero attached hydrogens (tertiary/aromatic N) is 1. The van der Waals surface area contributed by atoms with E-state index in [2.05, 4.69) is 15.5 Å². The highest BCUT2D eigenvalue weighted by Crippen LogP contribution is 2.20. The van der Waals surface area contributed by atoms with Crippen LogP contribution in [0.1, 0.15) is 27.6 Å². The standard InChI is InChI=1S/C13H13FN4O3/c1-2-21-13(20)9-10(15)17-18-11(9)16-12(19)7-3-5-8(14)6-4-7/h3-6H,2H2,1H3,(H4,15,16,17,18,19). The number of nitrogen functional groups attached to an aromatic ring is 1. The molecule has 0 aliphatic rings. The van der Waals surface area contributed by atoms with Crippen molar-refractivity contribution in [3.05, 3.63) is 41.2 Å². The Morgan fingerprint density at radius 2 is 2.05 bits per heavy atom. The molecule has 0 saturated heterocycles. The third-order valence-electron chi connectivity index (χ3n) is 2.61. The van der Waals surface area contributed by atoms with Crippen molar-refractivity contribution in [1.82, 2.24) is 10.2 Å². The number of esters is 1. The summed E-state index contributed by atoms with van der Waals surface area (Å²) in [6.45, 7) is 1.81. The number of rotatable bonds is 4. The van der Waals surface area contributed by atoms with Crippen molar-refractivity contribution < 1.29 is 18.7 Å². The fourth-order valence-electron chi connectivity index (χ4n) is 1.64. The molecule has 2 aromatic rings. The van der Waals surface area contributed by atoms with E-state index in [4.69, 9.17) is 10.5 Å². The minimum atomic E-state index is -0.696. The van der Waals surface area contributed by atoms with Crippen LogP contribution >= 0.6 is 0 Å². The minimum Gasteiger partial charge on any atom is -0.462 e. The fraction of sp³-hybridized carbons (Fsp3) is 0.154. The van der Waals surface area contributed by atoms with Crippen LogP contribution < -0.4 is 11.1 Å². The van der Waals surface area contributed by atoms with Crippen molar-refractivity contribution in [3.8, 4) is 0 Å². The van der Waals surface area contributed by atoms with Gasteiger partial charge >= 0.3 is 5.97 Å². The van der Waals surface area contributed by atoms with Gasteiger partial charge in [0.1, 0.15) is 17.2 Å². The lowest BCUT2D eigenvalue weighted by molar-refractivity contribution is 0.0529. The van der Waals surface area contributed by atoms with E-state index in [9.17, 15) is 14.0 Å². The summed E-state index contributed by atoms with van der Waals surface area (Å²) < 4.78 is 17.6. The zero-order chi connectivity index (χ0) is 15.4. The molecule has 4 N–H and O–H groups in total. The fourth-order valence-corrected chi connectivity index (χ4v) is 1.64. The third kappa shape index (κ3) is 3.16. The van der Waals surface area contributed by atoms with Gasteiger partial charge in [-0.15, -0.1) is 0 Å². The van der Waals surface area contributed by atoms with Gasteiger partial charge in [-0.05, 0) is 31.2 Å². The van der Waals surface area contributed by atoms with Gasteiger partial charge in [-0.25, -0.2) is 9.18 Å². The van der Waals surface area contributed by atoms with Crippen LogP contribution in [0.3, 0.4) is 0 Å². The average Bonchev–Trinajstić information content (AvgIpc) is 2.80. The van der Waals surface area contributed by atoms with E-state index in [1.807, 2.05) is 0 Å². The molecule has 1 amide bonds. The Bertz CT molecular complexity index is 667. The molecule has 0 saturated carbocycles. The summed E-state index contributed by atoms with van der Waals surface area (Å²) in [7, 11) is 0. The van der Waals surface area contributed by atoms with Crippen LogP contribution in [0.15, 0.2) is 24.3 Å². The number of ether oxygens (including phenoxy) is 1. The second-order valence-corrected chi connectivity index (χ2v) is 4.04. The van der Waals surface area contributed by atoms with E-state index >= 15 is 0 Å². The Kier molecular flexibility index (Phi) is 4.17. The molecule has 0 unspecified atom stereocenters. The summed E-state index contributed by atoms with van der Waals surface area (Å²) in [5.74, 6) is -1.75. The topological polar surface area (TPSA) is 110 Å². The number of aromatic amines is 1. The van der Waals surface area contributed by atoms with E-state index in [-0.39, 0.29) is 29.4 Å². The maximum atomic E-state index is 12.8. The zero-order valence-corrected chi connectivity index (χ0v) is 11.1. The molecule has 0 bridgehead atoms. The van der Waals surface area contributed by atoms with Gasteiger partial charge in [0.2, 0.25) is 0 Å². The summed E-state index contributed by atoms with van der Waals surface area (Å²) in [5, 5.41) is 8.56. The van der Waals surface area contributed by atoms with Gasteiger partial charge < -0.3 is 15.8 Å². The average molecular weight is 292 g/mol. The number of H-pyrrole nitrogens is 1. The van der Waals surface area contributed by atoms with Crippen molar-refractivity contribution in [2.45, 2.75) is 6.92 Å². The lowest BCUT2D eigenvalue weighted by Crippen LogP contribution is -2.16. The van der Waals surface area contributed by atoms with E-state index in [0.29, 0.717) is 0 Å². The Morgan fingerprint density at radius 3 is 2.67 bits per heavy atom. The molecule has 7 nitrogen and oxygen atoms in total.